The first kappa shape index (κ1) is 22.7. The van der Waals surface area contributed by atoms with Gasteiger partial charge in [-0.2, -0.15) is 9.40 Å². The molecular weight excluding hydrogens is 470 g/mol. The van der Waals surface area contributed by atoms with Gasteiger partial charge >= 0.3 is 0 Å². The molecule has 0 radical (unpaired) electrons. The molecule has 1 amide bonds. The lowest BCUT2D eigenvalue weighted by molar-refractivity contribution is -0.123. The van der Waals surface area contributed by atoms with Gasteiger partial charge < -0.3 is 0 Å². The Hall–Kier alpha value is -3.08. The van der Waals surface area contributed by atoms with E-state index < -0.39 is 15.9 Å². The summed E-state index contributed by atoms with van der Waals surface area (Å²) in [7, 11) is -3.65. The predicted molar refractivity (Wildman–Crippen MR) is 132 cm³/mol. The Morgan fingerprint density at radius 1 is 1.09 bits per heavy atom. The number of piperidine rings is 1. The Morgan fingerprint density at radius 2 is 1.88 bits per heavy atom. The van der Waals surface area contributed by atoms with Gasteiger partial charge in [0.15, 0.2) is 5.13 Å². The van der Waals surface area contributed by atoms with E-state index in [-0.39, 0.29) is 17.3 Å². The predicted octanol–water partition coefficient (Wildman–Crippen LogP) is 3.63. The fourth-order valence-electron chi connectivity index (χ4n) is 4.23. The van der Waals surface area contributed by atoms with Crippen LogP contribution in [-0.2, 0) is 21.4 Å². The molecular formula is C24H25N5O3S2. The van der Waals surface area contributed by atoms with E-state index in [0.29, 0.717) is 37.6 Å². The molecule has 0 aliphatic carbocycles. The zero-order valence-electron chi connectivity index (χ0n) is 18.5. The summed E-state index contributed by atoms with van der Waals surface area (Å²) in [6.07, 6.45) is 4.84. The topological polar surface area (TPSA) is 88.4 Å². The van der Waals surface area contributed by atoms with Crippen LogP contribution < -0.4 is 4.90 Å². The van der Waals surface area contributed by atoms with E-state index in [1.54, 1.807) is 46.1 Å². The van der Waals surface area contributed by atoms with Crippen LogP contribution in [0.2, 0.25) is 0 Å². The summed E-state index contributed by atoms with van der Waals surface area (Å²) < 4.78 is 30.6. The molecule has 1 fully saturated rings. The number of aromatic nitrogens is 3. The third kappa shape index (κ3) is 4.61. The van der Waals surface area contributed by atoms with Crippen molar-refractivity contribution in [3.63, 3.8) is 0 Å². The molecule has 34 heavy (non-hydrogen) atoms. The van der Waals surface area contributed by atoms with Gasteiger partial charge in [0.1, 0.15) is 0 Å². The molecule has 3 heterocycles. The first-order valence-electron chi connectivity index (χ1n) is 11.2. The Labute approximate surface area is 202 Å². The minimum Gasteiger partial charge on any atom is -0.286 e. The van der Waals surface area contributed by atoms with Crippen LogP contribution in [0.3, 0.4) is 0 Å². The smallest absolute Gasteiger partial charge is 0.243 e. The van der Waals surface area contributed by atoms with Gasteiger partial charge in [-0.05, 0) is 43.2 Å². The third-order valence-electron chi connectivity index (χ3n) is 6.01. The molecule has 0 N–H and O–H groups in total. The van der Waals surface area contributed by atoms with Crippen molar-refractivity contribution in [2.75, 3.05) is 24.5 Å². The van der Waals surface area contributed by atoms with Crippen LogP contribution in [-0.4, -0.2) is 53.0 Å². The highest BCUT2D eigenvalue weighted by Crippen LogP contribution is 2.31. The van der Waals surface area contributed by atoms with Crippen molar-refractivity contribution in [2.45, 2.75) is 24.3 Å². The Morgan fingerprint density at radius 3 is 2.65 bits per heavy atom. The van der Waals surface area contributed by atoms with Crippen LogP contribution in [0, 0.1) is 5.92 Å². The van der Waals surface area contributed by atoms with Gasteiger partial charge in [0.05, 0.1) is 27.6 Å². The third-order valence-corrected chi connectivity index (χ3v) is 8.94. The molecule has 176 valence electrons. The standard InChI is InChI=1S/C24H25N5O3S2/c30-23(19-8-6-15-28(18-19)34(31,32)20-9-2-1-3-10-20)29(17-16-27-14-7-13-25-27)24-26-21-11-4-5-12-22(21)33-24/h1-5,7,9-14,19H,6,8,15-18H2/t19-/m1/s1. The molecule has 1 aliphatic heterocycles. The average Bonchev–Trinajstić information content (AvgIpc) is 3.54. The van der Waals surface area contributed by atoms with Crippen LogP contribution in [0.1, 0.15) is 12.8 Å². The minimum atomic E-state index is -3.65. The monoisotopic (exact) mass is 495 g/mol. The van der Waals surface area contributed by atoms with Crippen molar-refractivity contribution in [2.24, 2.45) is 5.92 Å². The number of amides is 1. The van der Waals surface area contributed by atoms with Crippen molar-refractivity contribution >= 4 is 42.6 Å². The van der Waals surface area contributed by atoms with E-state index >= 15 is 0 Å². The maximum Gasteiger partial charge on any atom is 0.243 e. The number of para-hydroxylation sites is 1. The Bertz CT molecular complexity index is 1340. The van der Waals surface area contributed by atoms with E-state index in [9.17, 15) is 13.2 Å². The summed E-state index contributed by atoms with van der Waals surface area (Å²) in [6, 6.07) is 18.0. The molecule has 2 aromatic carbocycles. The molecule has 2 aromatic heterocycles. The van der Waals surface area contributed by atoms with Gasteiger partial charge in [0.2, 0.25) is 15.9 Å². The Kier molecular flexibility index (Phi) is 6.44. The number of fused-ring (bicyclic) bond motifs is 1. The number of carbonyl (C=O) groups is 1. The van der Waals surface area contributed by atoms with E-state index in [2.05, 4.69) is 5.10 Å². The van der Waals surface area contributed by atoms with E-state index in [4.69, 9.17) is 4.98 Å². The van der Waals surface area contributed by atoms with Crippen molar-refractivity contribution in [3.8, 4) is 0 Å². The van der Waals surface area contributed by atoms with E-state index in [1.807, 2.05) is 36.5 Å². The van der Waals surface area contributed by atoms with Crippen LogP contribution >= 0.6 is 11.3 Å². The zero-order chi connectivity index (χ0) is 23.5. The molecule has 0 spiro atoms. The molecule has 0 saturated carbocycles. The average molecular weight is 496 g/mol. The second-order valence-corrected chi connectivity index (χ2v) is 11.2. The largest absolute Gasteiger partial charge is 0.286 e. The SMILES string of the molecule is O=C([C@@H]1CCCN(S(=O)(=O)c2ccccc2)C1)N(CCn1cccn1)c1nc2ccccc2s1. The first-order chi connectivity index (χ1) is 16.5. The maximum absolute atomic E-state index is 13.8. The lowest BCUT2D eigenvalue weighted by Crippen LogP contribution is -2.47. The summed E-state index contributed by atoms with van der Waals surface area (Å²) >= 11 is 1.47. The summed E-state index contributed by atoms with van der Waals surface area (Å²) in [5.74, 6) is -0.531. The summed E-state index contributed by atoms with van der Waals surface area (Å²) in [4.78, 5) is 20.5. The molecule has 8 nitrogen and oxygen atoms in total. The van der Waals surface area contributed by atoms with Gasteiger partial charge in [-0.3, -0.25) is 14.4 Å². The summed E-state index contributed by atoms with van der Waals surface area (Å²) in [5.41, 5.74) is 0.844. The van der Waals surface area contributed by atoms with Gasteiger partial charge in [-0.15, -0.1) is 0 Å². The molecule has 1 aliphatic rings. The lowest BCUT2D eigenvalue weighted by Gasteiger charge is -2.33. The maximum atomic E-state index is 13.8. The Balaban J connectivity index is 1.40. The summed E-state index contributed by atoms with van der Waals surface area (Å²) in [6.45, 7) is 1.50. The fourth-order valence-corrected chi connectivity index (χ4v) is 6.78. The second kappa shape index (κ2) is 9.65. The number of hydrogen-bond acceptors (Lipinski definition) is 6. The molecule has 0 bridgehead atoms. The zero-order valence-corrected chi connectivity index (χ0v) is 20.2. The van der Waals surface area contributed by atoms with Crippen molar-refractivity contribution in [1.82, 2.24) is 19.1 Å². The van der Waals surface area contributed by atoms with Crippen LogP contribution in [0.25, 0.3) is 10.2 Å². The number of hydrogen-bond donors (Lipinski definition) is 0. The van der Waals surface area contributed by atoms with Gasteiger partial charge in [-0.25, -0.2) is 13.4 Å². The van der Waals surface area contributed by atoms with Crippen LogP contribution in [0.5, 0.6) is 0 Å². The number of rotatable bonds is 7. The summed E-state index contributed by atoms with van der Waals surface area (Å²) in [5, 5.41) is 4.87. The van der Waals surface area contributed by atoms with Gasteiger partial charge in [-0.1, -0.05) is 41.7 Å². The van der Waals surface area contributed by atoms with E-state index in [1.165, 1.54) is 15.6 Å². The quantitative estimate of drug-likeness (QED) is 0.391. The molecule has 0 unspecified atom stereocenters. The molecule has 5 rings (SSSR count). The van der Waals surface area contributed by atoms with Gasteiger partial charge in [0, 0.05) is 32.0 Å². The van der Waals surface area contributed by atoms with Crippen molar-refractivity contribution < 1.29 is 13.2 Å². The highest BCUT2D eigenvalue weighted by molar-refractivity contribution is 7.89. The van der Waals surface area contributed by atoms with Crippen LogP contribution in [0.4, 0.5) is 5.13 Å². The van der Waals surface area contributed by atoms with Crippen molar-refractivity contribution in [1.29, 1.82) is 0 Å². The first-order valence-corrected chi connectivity index (χ1v) is 13.5. The number of thiazole rings is 1. The van der Waals surface area contributed by atoms with Gasteiger partial charge in [0.25, 0.3) is 0 Å². The normalized spacial score (nSPS) is 17.1. The molecule has 4 aromatic rings. The second-order valence-electron chi connectivity index (χ2n) is 8.24. The van der Waals surface area contributed by atoms with Crippen LogP contribution in [0.15, 0.2) is 78.0 Å². The number of anilines is 1. The number of nitrogens with zero attached hydrogens (tertiary/aromatic N) is 5. The van der Waals surface area contributed by atoms with E-state index in [0.717, 1.165) is 10.2 Å². The number of benzene rings is 2. The lowest BCUT2D eigenvalue weighted by atomic mass is 9.98. The van der Waals surface area contributed by atoms with Crippen molar-refractivity contribution in [3.05, 3.63) is 73.1 Å². The number of carbonyl (C=O) groups excluding carboxylic acids is 1. The minimum absolute atomic E-state index is 0.0980. The molecule has 1 atom stereocenters. The number of sulfonamides is 1. The highest BCUT2D eigenvalue weighted by Gasteiger charge is 2.36. The molecule has 1 saturated heterocycles. The highest BCUT2D eigenvalue weighted by atomic mass is 32.2. The fraction of sp³-hybridized carbons (Fsp3) is 0.292. The molecule has 10 heteroatoms.